The molecule has 39 heavy (non-hydrogen) atoms. The molecule has 1 saturated carbocycles. The summed E-state index contributed by atoms with van der Waals surface area (Å²) in [4.78, 5) is 19.8. The maximum absolute atomic E-state index is 12.7. The van der Waals surface area contributed by atoms with E-state index in [2.05, 4.69) is 37.2 Å². The van der Waals surface area contributed by atoms with E-state index in [-0.39, 0.29) is 23.8 Å². The van der Waals surface area contributed by atoms with Crippen molar-refractivity contribution in [3.63, 3.8) is 0 Å². The number of carbonyl (C=O) groups is 1. The molecular weight excluding hydrogens is 514 g/mol. The third-order valence-corrected chi connectivity index (χ3v) is 8.35. The number of likely N-dealkylation sites (tertiary alicyclic amines) is 1. The van der Waals surface area contributed by atoms with Gasteiger partial charge in [-0.05, 0) is 68.5 Å². The standard InChI is InChI=1S/C29H37N5O4S/c1-39(36,37)33-25-12-5-7-21(19-25)20-27-31-29(38-32-27)24-13-16-34(17-14-24)18-15-26(22-8-3-2-4-9-22)30-28(35)23-10-6-11-23/h2-5,7-9,12,19,23-24,26,33H,6,10-11,13-18,20H2,1H3,(H,30,35)/t26-/m0/s1. The van der Waals surface area contributed by atoms with Crippen molar-refractivity contribution in [1.29, 1.82) is 0 Å². The van der Waals surface area contributed by atoms with Gasteiger partial charge in [-0.25, -0.2) is 8.42 Å². The van der Waals surface area contributed by atoms with Crippen molar-refractivity contribution in [1.82, 2.24) is 20.4 Å². The predicted octanol–water partition coefficient (Wildman–Crippen LogP) is 4.26. The van der Waals surface area contributed by atoms with Gasteiger partial charge in [0.15, 0.2) is 5.82 Å². The van der Waals surface area contributed by atoms with Crippen LogP contribution in [0.3, 0.4) is 0 Å². The van der Waals surface area contributed by atoms with E-state index in [0.717, 1.165) is 75.5 Å². The Balaban J connectivity index is 1.12. The molecule has 0 spiro atoms. The molecule has 3 aromatic rings. The molecule has 2 N–H and O–H groups in total. The molecule has 2 aliphatic rings. The molecule has 1 saturated heterocycles. The molecule has 9 nitrogen and oxygen atoms in total. The highest BCUT2D eigenvalue weighted by molar-refractivity contribution is 7.92. The maximum Gasteiger partial charge on any atom is 0.229 e. The molecule has 5 rings (SSSR count). The second kappa shape index (κ2) is 12.3. The lowest BCUT2D eigenvalue weighted by atomic mass is 9.84. The molecule has 1 aromatic heterocycles. The summed E-state index contributed by atoms with van der Waals surface area (Å²) in [6, 6.07) is 17.5. The number of benzene rings is 2. The number of aromatic nitrogens is 2. The molecule has 1 amide bonds. The van der Waals surface area contributed by atoms with E-state index in [4.69, 9.17) is 4.52 Å². The van der Waals surface area contributed by atoms with Crippen LogP contribution in [0.4, 0.5) is 5.69 Å². The van der Waals surface area contributed by atoms with Crippen LogP contribution in [0.25, 0.3) is 0 Å². The summed E-state index contributed by atoms with van der Waals surface area (Å²) in [5.41, 5.74) is 2.59. The van der Waals surface area contributed by atoms with Gasteiger partial charge >= 0.3 is 0 Å². The van der Waals surface area contributed by atoms with Crippen LogP contribution in [0.15, 0.2) is 59.1 Å². The van der Waals surface area contributed by atoms with Gasteiger partial charge in [-0.3, -0.25) is 9.52 Å². The Morgan fingerprint density at radius 2 is 1.85 bits per heavy atom. The SMILES string of the molecule is CS(=O)(=O)Nc1cccc(Cc2noc(C3CCN(CC[C@H](NC(=O)C4CCC4)c4ccccc4)CC3)n2)c1. The first-order valence-corrected chi connectivity index (χ1v) is 15.7. The second-order valence-corrected chi connectivity index (χ2v) is 12.6. The van der Waals surface area contributed by atoms with E-state index in [9.17, 15) is 13.2 Å². The molecule has 1 aliphatic heterocycles. The first-order chi connectivity index (χ1) is 18.8. The normalized spacial score (nSPS) is 17.9. The second-order valence-electron chi connectivity index (χ2n) is 10.8. The number of nitrogens with one attached hydrogen (secondary N) is 2. The maximum atomic E-state index is 12.7. The van der Waals surface area contributed by atoms with Crippen molar-refractivity contribution < 1.29 is 17.7 Å². The first kappa shape index (κ1) is 27.3. The van der Waals surface area contributed by atoms with Crippen molar-refractivity contribution in [2.24, 2.45) is 5.92 Å². The Bertz CT molecular complexity index is 1350. The van der Waals surface area contributed by atoms with Gasteiger partial charge in [0.1, 0.15) is 0 Å². The number of hydrogen-bond donors (Lipinski definition) is 2. The van der Waals surface area contributed by atoms with Gasteiger partial charge in [-0.1, -0.05) is 54.0 Å². The lowest BCUT2D eigenvalue weighted by Crippen LogP contribution is -2.39. The van der Waals surface area contributed by atoms with Crippen LogP contribution in [0.1, 0.15) is 73.3 Å². The Kier molecular flexibility index (Phi) is 8.62. The van der Waals surface area contributed by atoms with Crippen LogP contribution in [-0.2, 0) is 21.2 Å². The summed E-state index contributed by atoms with van der Waals surface area (Å²) in [6.45, 7) is 2.81. The molecule has 10 heteroatoms. The summed E-state index contributed by atoms with van der Waals surface area (Å²) in [7, 11) is -3.34. The Labute approximate surface area is 230 Å². The number of hydrogen-bond acceptors (Lipinski definition) is 7. The van der Waals surface area contributed by atoms with E-state index in [0.29, 0.717) is 23.8 Å². The number of amides is 1. The fraction of sp³-hybridized carbons (Fsp3) is 0.483. The lowest BCUT2D eigenvalue weighted by Gasteiger charge is -2.32. The van der Waals surface area contributed by atoms with Gasteiger partial charge in [0.2, 0.25) is 21.8 Å². The predicted molar refractivity (Wildman–Crippen MR) is 150 cm³/mol. The molecule has 0 bridgehead atoms. The van der Waals surface area contributed by atoms with Gasteiger partial charge in [0, 0.05) is 30.5 Å². The quantitative estimate of drug-likeness (QED) is 0.366. The summed E-state index contributed by atoms with van der Waals surface area (Å²) in [6.07, 6.45) is 7.53. The lowest BCUT2D eigenvalue weighted by molar-refractivity contribution is -0.128. The fourth-order valence-electron chi connectivity index (χ4n) is 5.33. The molecule has 1 atom stereocenters. The Hall–Kier alpha value is -3.24. The third-order valence-electron chi connectivity index (χ3n) is 7.74. The van der Waals surface area contributed by atoms with Gasteiger partial charge in [-0.2, -0.15) is 4.98 Å². The van der Waals surface area contributed by atoms with Crippen molar-refractivity contribution in [3.8, 4) is 0 Å². The highest BCUT2D eigenvalue weighted by atomic mass is 32.2. The number of carbonyl (C=O) groups excluding carboxylic acids is 1. The summed E-state index contributed by atoms with van der Waals surface area (Å²) in [5, 5.41) is 7.49. The van der Waals surface area contributed by atoms with E-state index >= 15 is 0 Å². The van der Waals surface area contributed by atoms with E-state index < -0.39 is 10.0 Å². The minimum absolute atomic E-state index is 0.0293. The zero-order chi connectivity index (χ0) is 27.2. The van der Waals surface area contributed by atoms with Crippen LogP contribution < -0.4 is 10.0 Å². The topological polar surface area (TPSA) is 117 Å². The van der Waals surface area contributed by atoms with Crippen molar-refractivity contribution in [3.05, 3.63) is 77.4 Å². The summed E-state index contributed by atoms with van der Waals surface area (Å²) >= 11 is 0. The van der Waals surface area contributed by atoms with Crippen LogP contribution in [-0.4, -0.2) is 55.3 Å². The summed E-state index contributed by atoms with van der Waals surface area (Å²) < 4.78 is 31.2. The van der Waals surface area contributed by atoms with E-state index in [1.54, 1.807) is 18.2 Å². The average molecular weight is 552 g/mol. The molecule has 2 aromatic carbocycles. The zero-order valence-electron chi connectivity index (χ0n) is 22.4. The monoisotopic (exact) mass is 551 g/mol. The molecular formula is C29H37N5O4S. The van der Waals surface area contributed by atoms with Crippen LogP contribution in [0, 0.1) is 5.92 Å². The molecule has 2 fully saturated rings. The third kappa shape index (κ3) is 7.67. The molecule has 0 radical (unpaired) electrons. The fourth-order valence-corrected chi connectivity index (χ4v) is 5.88. The number of nitrogens with zero attached hydrogens (tertiary/aromatic N) is 3. The Morgan fingerprint density at radius 3 is 2.54 bits per heavy atom. The highest BCUT2D eigenvalue weighted by Crippen LogP contribution is 2.30. The molecule has 2 heterocycles. The first-order valence-electron chi connectivity index (χ1n) is 13.8. The largest absolute Gasteiger partial charge is 0.349 e. The summed E-state index contributed by atoms with van der Waals surface area (Å²) in [5.74, 6) is 1.87. The van der Waals surface area contributed by atoms with Crippen molar-refractivity contribution in [2.75, 3.05) is 30.6 Å². The minimum atomic E-state index is -3.34. The number of rotatable bonds is 11. The average Bonchev–Trinajstić information content (AvgIpc) is 3.34. The zero-order valence-corrected chi connectivity index (χ0v) is 23.2. The van der Waals surface area contributed by atoms with E-state index in [1.807, 2.05) is 24.3 Å². The van der Waals surface area contributed by atoms with Crippen LogP contribution in [0.2, 0.25) is 0 Å². The van der Waals surface area contributed by atoms with Gasteiger partial charge in [-0.15, -0.1) is 0 Å². The number of piperidine rings is 1. The molecule has 0 unspecified atom stereocenters. The minimum Gasteiger partial charge on any atom is -0.349 e. The van der Waals surface area contributed by atoms with Gasteiger partial charge < -0.3 is 14.7 Å². The Morgan fingerprint density at radius 1 is 1.08 bits per heavy atom. The van der Waals surface area contributed by atoms with Crippen LogP contribution in [0.5, 0.6) is 0 Å². The van der Waals surface area contributed by atoms with Crippen molar-refractivity contribution in [2.45, 2.75) is 56.9 Å². The van der Waals surface area contributed by atoms with Crippen molar-refractivity contribution >= 4 is 21.6 Å². The molecule has 1 aliphatic carbocycles. The highest BCUT2D eigenvalue weighted by Gasteiger charge is 2.29. The van der Waals surface area contributed by atoms with Gasteiger partial charge in [0.05, 0.1) is 12.3 Å². The number of sulfonamides is 1. The van der Waals surface area contributed by atoms with Gasteiger partial charge in [0.25, 0.3) is 0 Å². The van der Waals surface area contributed by atoms with Crippen LogP contribution >= 0.6 is 0 Å². The smallest absolute Gasteiger partial charge is 0.229 e. The van der Waals surface area contributed by atoms with E-state index in [1.165, 1.54) is 0 Å². The number of anilines is 1. The molecule has 208 valence electrons.